The quantitative estimate of drug-likeness (QED) is 0.567. The Morgan fingerprint density at radius 2 is 2.03 bits per heavy atom. The number of esters is 1. The highest BCUT2D eigenvalue weighted by atomic mass is 16.5. The fraction of sp³-hybridized carbons (Fsp3) is 0.609. The number of amides is 2. The summed E-state index contributed by atoms with van der Waals surface area (Å²) in [7, 11) is 1.44. The monoisotopic (exact) mass is 396 g/mol. The van der Waals surface area contributed by atoms with E-state index in [9.17, 15) is 14.4 Å². The SMILES string of the molecule is CCC[C@]12C[C@H](C(=O)OC)[C@]3([C@@H]1C)N(C=O)c1ccccc1[C@@]31CCN(C=O)[C@@H]21. The van der Waals surface area contributed by atoms with Crippen molar-refractivity contribution in [2.24, 2.45) is 17.3 Å². The van der Waals surface area contributed by atoms with Crippen LogP contribution >= 0.6 is 0 Å². The Morgan fingerprint density at radius 3 is 2.69 bits per heavy atom. The lowest BCUT2D eigenvalue weighted by Gasteiger charge is -2.51. The first-order valence-corrected chi connectivity index (χ1v) is 10.6. The summed E-state index contributed by atoms with van der Waals surface area (Å²) in [6.07, 6.45) is 5.21. The molecule has 2 bridgehead atoms. The molecule has 6 nitrogen and oxygen atoms in total. The summed E-state index contributed by atoms with van der Waals surface area (Å²) in [6, 6.07) is 8.02. The third kappa shape index (κ3) is 1.67. The molecule has 2 spiro atoms. The van der Waals surface area contributed by atoms with Crippen LogP contribution in [0.4, 0.5) is 5.69 Å². The number of ether oxygens (including phenoxy) is 1. The van der Waals surface area contributed by atoms with Gasteiger partial charge in [-0.2, -0.15) is 0 Å². The standard InChI is InChI=1S/C23H28N2O4/c1-4-9-21-12-17(19(28)29-3)23(15(21)2)22(10-11-24(13-26)20(21)22)16-7-5-6-8-18(16)25(23)14-27/h5-8,13-15,17,20H,4,9-12H2,1-3H3/t15-,17-,20+,21+,22-,23+/m1/s1. The van der Waals surface area contributed by atoms with Crippen molar-refractivity contribution in [3.8, 4) is 0 Å². The van der Waals surface area contributed by atoms with Gasteiger partial charge in [0.15, 0.2) is 0 Å². The molecule has 1 aromatic carbocycles. The van der Waals surface area contributed by atoms with Crippen molar-refractivity contribution in [2.75, 3.05) is 18.6 Å². The lowest BCUT2D eigenvalue weighted by Crippen LogP contribution is -2.66. The maximum Gasteiger partial charge on any atom is 0.311 e. The number of carbonyl (C=O) groups excluding carboxylic acids is 3. The molecule has 2 amide bonds. The summed E-state index contributed by atoms with van der Waals surface area (Å²) in [5.74, 6) is -0.559. The molecule has 0 unspecified atom stereocenters. The predicted octanol–water partition coefficient (Wildman–Crippen LogP) is 2.50. The molecule has 0 N–H and O–H groups in total. The third-order valence-corrected chi connectivity index (χ3v) is 8.94. The third-order valence-electron chi connectivity index (χ3n) is 8.94. The minimum Gasteiger partial charge on any atom is -0.469 e. The minimum absolute atomic E-state index is 0.00513. The van der Waals surface area contributed by atoms with Gasteiger partial charge >= 0.3 is 5.97 Å². The van der Waals surface area contributed by atoms with Crippen molar-refractivity contribution in [2.45, 2.75) is 56.5 Å². The van der Waals surface area contributed by atoms with Gasteiger partial charge in [-0.25, -0.2) is 0 Å². The Hall–Kier alpha value is -2.37. The van der Waals surface area contributed by atoms with Gasteiger partial charge in [-0.15, -0.1) is 0 Å². The smallest absolute Gasteiger partial charge is 0.311 e. The van der Waals surface area contributed by atoms with Crippen molar-refractivity contribution in [1.82, 2.24) is 4.90 Å². The summed E-state index contributed by atoms with van der Waals surface area (Å²) >= 11 is 0. The van der Waals surface area contributed by atoms with Crippen LogP contribution in [0.3, 0.4) is 0 Å². The average Bonchev–Trinajstić information content (AvgIpc) is 3.38. The summed E-state index contributed by atoms with van der Waals surface area (Å²) < 4.78 is 5.29. The first-order valence-electron chi connectivity index (χ1n) is 10.6. The molecule has 29 heavy (non-hydrogen) atoms. The summed E-state index contributed by atoms with van der Waals surface area (Å²) in [5, 5.41) is 0. The van der Waals surface area contributed by atoms with Crippen LogP contribution in [0.1, 0.15) is 45.1 Å². The Bertz CT molecular complexity index is 903. The molecule has 1 saturated heterocycles. The molecule has 2 aliphatic heterocycles. The second-order valence-corrected chi connectivity index (χ2v) is 9.27. The van der Waals surface area contributed by atoms with Crippen LogP contribution < -0.4 is 4.90 Å². The molecule has 0 radical (unpaired) electrons. The maximum atomic E-state index is 13.1. The van der Waals surface area contributed by atoms with Crippen molar-refractivity contribution in [3.05, 3.63) is 29.8 Å². The van der Waals surface area contributed by atoms with Crippen molar-refractivity contribution >= 4 is 24.5 Å². The normalized spacial score (nSPS) is 41.1. The van der Waals surface area contributed by atoms with Gasteiger partial charge < -0.3 is 14.5 Å². The van der Waals surface area contributed by atoms with Crippen molar-refractivity contribution in [1.29, 1.82) is 0 Å². The topological polar surface area (TPSA) is 66.9 Å². The largest absolute Gasteiger partial charge is 0.469 e. The molecule has 4 aliphatic rings. The zero-order valence-corrected chi connectivity index (χ0v) is 17.3. The van der Waals surface area contributed by atoms with Gasteiger partial charge in [-0.05, 0) is 42.2 Å². The Kier molecular flexibility index (Phi) is 3.75. The molecule has 154 valence electrons. The van der Waals surface area contributed by atoms with Crippen molar-refractivity contribution < 1.29 is 19.1 Å². The highest BCUT2D eigenvalue weighted by Crippen LogP contribution is 2.80. The van der Waals surface area contributed by atoms with E-state index in [4.69, 9.17) is 4.74 Å². The molecule has 2 aliphatic carbocycles. The molecule has 3 fully saturated rings. The minimum atomic E-state index is -0.691. The Balaban J connectivity index is 1.88. The number of nitrogens with zero attached hydrogens (tertiary/aromatic N) is 2. The summed E-state index contributed by atoms with van der Waals surface area (Å²) in [5.41, 5.74) is 0.660. The second-order valence-electron chi connectivity index (χ2n) is 9.27. The van der Waals surface area contributed by atoms with E-state index in [0.29, 0.717) is 13.0 Å². The highest BCUT2D eigenvalue weighted by molar-refractivity contribution is 5.92. The van der Waals surface area contributed by atoms with Crippen LogP contribution in [-0.4, -0.2) is 48.9 Å². The van der Waals surface area contributed by atoms with E-state index in [2.05, 4.69) is 19.9 Å². The summed E-state index contributed by atoms with van der Waals surface area (Å²) in [6.45, 7) is 5.01. The highest BCUT2D eigenvalue weighted by Gasteiger charge is 2.87. The number of hydrogen-bond donors (Lipinski definition) is 0. The number of para-hydroxylation sites is 1. The van der Waals surface area contributed by atoms with Gasteiger partial charge in [0.05, 0.1) is 18.6 Å². The molecule has 5 rings (SSSR count). The van der Waals surface area contributed by atoms with E-state index in [1.807, 2.05) is 28.0 Å². The van der Waals surface area contributed by atoms with Gasteiger partial charge in [0.1, 0.15) is 0 Å². The summed E-state index contributed by atoms with van der Waals surface area (Å²) in [4.78, 5) is 41.7. The van der Waals surface area contributed by atoms with E-state index in [0.717, 1.165) is 43.3 Å². The van der Waals surface area contributed by atoms with Crippen LogP contribution in [0.5, 0.6) is 0 Å². The zero-order valence-electron chi connectivity index (χ0n) is 17.3. The number of anilines is 1. The van der Waals surface area contributed by atoms with Crippen LogP contribution in [0.15, 0.2) is 24.3 Å². The van der Waals surface area contributed by atoms with Crippen LogP contribution in [0.25, 0.3) is 0 Å². The van der Waals surface area contributed by atoms with Gasteiger partial charge in [0.25, 0.3) is 0 Å². The molecular weight excluding hydrogens is 368 g/mol. The van der Waals surface area contributed by atoms with Gasteiger partial charge in [-0.1, -0.05) is 38.5 Å². The number of methoxy groups -OCH3 is 1. The Labute approximate surface area is 171 Å². The number of carbonyl (C=O) groups is 3. The zero-order chi connectivity index (χ0) is 20.6. The second kappa shape index (κ2) is 5.83. The van der Waals surface area contributed by atoms with Crippen LogP contribution in [0, 0.1) is 17.3 Å². The molecule has 6 atom stereocenters. The molecular formula is C23H28N2O4. The molecule has 2 saturated carbocycles. The Morgan fingerprint density at radius 1 is 1.28 bits per heavy atom. The van der Waals surface area contributed by atoms with E-state index >= 15 is 0 Å². The number of rotatable bonds is 5. The van der Waals surface area contributed by atoms with Crippen molar-refractivity contribution in [3.63, 3.8) is 0 Å². The first kappa shape index (κ1) is 18.6. The number of benzene rings is 1. The van der Waals surface area contributed by atoms with E-state index in [-0.39, 0.29) is 23.3 Å². The van der Waals surface area contributed by atoms with E-state index < -0.39 is 16.9 Å². The number of likely N-dealkylation sites (tertiary alicyclic amines) is 1. The number of hydrogen-bond acceptors (Lipinski definition) is 4. The first-order chi connectivity index (χ1) is 14.0. The van der Waals surface area contributed by atoms with Crippen LogP contribution in [0.2, 0.25) is 0 Å². The fourth-order valence-electron chi connectivity index (χ4n) is 8.53. The van der Waals surface area contributed by atoms with Gasteiger partial charge in [0, 0.05) is 23.7 Å². The number of fused-ring (bicyclic) bond motifs is 3. The van der Waals surface area contributed by atoms with Crippen LogP contribution in [-0.2, 0) is 24.5 Å². The maximum absolute atomic E-state index is 13.1. The van der Waals surface area contributed by atoms with E-state index in [1.54, 1.807) is 0 Å². The lowest BCUT2D eigenvalue weighted by molar-refractivity contribution is -0.150. The molecule has 1 aromatic rings. The van der Waals surface area contributed by atoms with Gasteiger partial charge in [-0.3, -0.25) is 14.4 Å². The van der Waals surface area contributed by atoms with E-state index in [1.165, 1.54) is 7.11 Å². The average molecular weight is 396 g/mol. The molecule has 0 aromatic heterocycles. The fourth-order valence-corrected chi connectivity index (χ4v) is 8.53. The molecule has 2 heterocycles. The predicted molar refractivity (Wildman–Crippen MR) is 107 cm³/mol. The lowest BCUT2D eigenvalue weighted by atomic mass is 9.57. The van der Waals surface area contributed by atoms with Gasteiger partial charge in [0.2, 0.25) is 12.8 Å². The molecule has 6 heteroatoms.